The summed E-state index contributed by atoms with van der Waals surface area (Å²) in [5.74, 6) is -0.774. The first kappa shape index (κ1) is 13.9. The molecule has 0 aliphatic heterocycles. The Labute approximate surface area is 116 Å². The summed E-state index contributed by atoms with van der Waals surface area (Å²) in [7, 11) is 0. The number of carboxylic acids is 1. The summed E-state index contributed by atoms with van der Waals surface area (Å²) in [6.45, 7) is 0. The van der Waals surface area contributed by atoms with Crippen LogP contribution in [0.2, 0.25) is 5.02 Å². The van der Waals surface area contributed by atoms with E-state index in [0.29, 0.717) is 17.4 Å². The molecule has 0 aromatic heterocycles. The fraction of sp³-hybridized carbons (Fsp3) is 0.429. The van der Waals surface area contributed by atoms with Gasteiger partial charge < -0.3 is 10.4 Å². The molecule has 1 aromatic rings. The van der Waals surface area contributed by atoms with Crippen molar-refractivity contribution in [1.82, 2.24) is 5.32 Å². The van der Waals surface area contributed by atoms with Gasteiger partial charge in [0.25, 0.3) is 0 Å². The van der Waals surface area contributed by atoms with Gasteiger partial charge >= 0.3 is 5.97 Å². The molecular formula is C14H16ClNO3. The Hall–Kier alpha value is -1.55. The molecule has 1 aliphatic rings. The maximum Gasteiger partial charge on any atom is 0.326 e. The van der Waals surface area contributed by atoms with Crippen LogP contribution in [0.5, 0.6) is 0 Å². The van der Waals surface area contributed by atoms with Crippen LogP contribution in [0.15, 0.2) is 24.3 Å². The predicted octanol–water partition coefficient (Wildman–Crippen LogP) is 2.25. The number of rotatable bonds is 6. The standard InChI is InChI=1S/C14H16ClNO3/c15-11-5-3-10(4-6-11)8-13(17)16-12(14(18)19)7-9-1-2-9/h3-6,9,12H,1-2,7-8H2,(H,16,17)(H,18,19). The fourth-order valence-electron chi connectivity index (χ4n) is 1.94. The molecule has 0 radical (unpaired) electrons. The van der Waals surface area contributed by atoms with E-state index in [9.17, 15) is 9.59 Å². The summed E-state index contributed by atoms with van der Waals surface area (Å²) in [5, 5.41) is 12.3. The highest BCUT2D eigenvalue weighted by molar-refractivity contribution is 6.30. The molecule has 0 heterocycles. The van der Waals surface area contributed by atoms with Gasteiger partial charge in [-0.15, -0.1) is 0 Å². The van der Waals surface area contributed by atoms with E-state index < -0.39 is 12.0 Å². The van der Waals surface area contributed by atoms with Crippen molar-refractivity contribution in [2.75, 3.05) is 0 Å². The van der Waals surface area contributed by atoms with E-state index in [1.54, 1.807) is 24.3 Å². The summed E-state index contributed by atoms with van der Waals surface area (Å²) in [6.07, 6.45) is 2.83. The molecule has 0 spiro atoms. The number of nitrogens with one attached hydrogen (secondary N) is 1. The lowest BCUT2D eigenvalue weighted by atomic mass is 10.1. The monoisotopic (exact) mass is 281 g/mol. The highest BCUT2D eigenvalue weighted by Gasteiger charge is 2.30. The molecule has 102 valence electrons. The van der Waals surface area contributed by atoms with E-state index in [2.05, 4.69) is 5.32 Å². The Bertz CT molecular complexity index is 468. The van der Waals surface area contributed by atoms with Crippen molar-refractivity contribution in [1.29, 1.82) is 0 Å². The van der Waals surface area contributed by atoms with Crippen LogP contribution in [0, 0.1) is 5.92 Å². The molecule has 1 saturated carbocycles. The largest absolute Gasteiger partial charge is 0.480 e. The summed E-state index contributed by atoms with van der Waals surface area (Å²) >= 11 is 5.76. The van der Waals surface area contributed by atoms with E-state index in [0.717, 1.165) is 18.4 Å². The van der Waals surface area contributed by atoms with Crippen LogP contribution < -0.4 is 5.32 Å². The number of carbonyl (C=O) groups is 2. The number of amides is 1. The highest BCUT2D eigenvalue weighted by atomic mass is 35.5. The van der Waals surface area contributed by atoms with Gasteiger partial charge in [-0.05, 0) is 30.0 Å². The van der Waals surface area contributed by atoms with Crippen molar-refractivity contribution in [2.45, 2.75) is 31.7 Å². The summed E-state index contributed by atoms with van der Waals surface area (Å²) in [5.41, 5.74) is 0.817. The Morgan fingerprint density at radius 3 is 2.47 bits per heavy atom. The van der Waals surface area contributed by atoms with Gasteiger partial charge in [-0.2, -0.15) is 0 Å². The average Bonchev–Trinajstić information content (AvgIpc) is 3.15. The first-order chi connectivity index (χ1) is 9.04. The zero-order valence-electron chi connectivity index (χ0n) is 10.4. The zero-order chi connectivity index (χ0) is 13.8. The van der Waals surface area contributed by atoms with Gasteiger partial charge in [0.1, 0.15) is 6.04 Å². The Morgan fingerprint density at radius 1 is 1.32 bits per heavy atom. The van der Waals surface area contributed by atoms with Crippen LogP contribution in [-0.4, -0.2) is 23.0 Å². The third kappa shape index (κ3) is 4.56. The smallest absolute Gasteiger partial charge is 0.326 e. The molecule has 5 heteroatoms. The Kier molecular flexibility index (Phi) is 4.43. The zero-order valence-corrected chi connectivity index (χ0v) is 11.2. The number of halogens is 1. The van der Waals surface area contributed by atoms with Gasteiger partial charge in [0.2, 0.25) is 5.91 Å². The van der Waals surface area contributed by atoms with Crippen LogP contribution >= 0.6 is 11.6 Å². The van der Waals surface area contributed by atoms with Crippen molar-refractivity contribution < 1.29 is 14.7 Å². The number of aliphatic carboxylic acids is 1. The number of carbonyl (C=O) groups excluding carboxylic acids is 1. The molecule has 1 unspecified atom stereocenters. The lowest BCUT2D eigenvalue weighted by Gasteiger charge is -2.14. The number of benzene rings is 1. The molecule has 0 bridgehead atoms. The molecule has 19 heavy (non-hydrogen) atoms. The lowest BCUT2D eigenvalue weighted by molar-refractivity contribution is -0.142. The van der Waals surface area contributed by atoms with Crippen LogP contribution in [-0.2, 0) is 16.0 Å². The third-order valence-corrected chi connectivity index (χ3v) is 3.43. The van der Waals surface area contributed by atoms with Gasteiger partial charge in [-0.25, -0.2) is 4.79 Å². The minimum atomic E-state index is -0.962. The van der Waals surface area contributed by atoms with Crippen LogP contribution in [0.1, 0.15) is 24.8 Å². The third-order valence-electron chi connectivity index (χ3n) is 3.18. The summed E-state index contributed by atoms with van der Waals surface area (Å²) < 4.78 is 0. The van der Waals surface area contributed by atoms with Crippen LogP contribution in [0.4, 0.5) is 0 Å². The second-order valence-electron chi connectivity index (χ2n) is 4.94. The number of hydrogen-bond donors (Lipinski definition) is 2. The number of hydrogen-bond acceptors (Lipinski definition) is 2. The minimum absolute atomic E-state index is 0.172. The fourth-order valence-corrected chi connectivity index (χ4v) is 2.07. The molecule has 1 fully saturated rings. The normalized spacial score (nSPS) is 15.8. The predicted molar refractivity (Wildman–Crippen MR) is 72.1 cm³/mol. The molecule has 1 amide bonds. The molecule has 4 nitrogen and oxygen atoms in total. The Morgan fingerprint density at radius 2 is 1.95 bits per heavy atom. The molecule has 1 atom stereocenters. The molecule has 0 saturated heterocycles. The summed E-state index contributed by atoms with van der Waals surface area (Å²) in [6, 6.07) is 6.18. The van der Waals surface area contributed by atoms with Crippen molar-refractivity contribution >= 4 is 23.5 Å². The van der Waals surface area contributed by atoms with Crippen molar-refractivity contribution in [3.63, 3.8) is 0 Å². The lowest BCUT2D eigenvalue weighted by Crippen LogP contribution is -2.41. The van der Waals surface area contributed by atoms with E-state index in [-0.39, 0.29) is 12.3 Å². The molecule has 1 aromatic carbocycles. The van der Waals surface area contributed by atoms with Crippen molar-refractivity contribution in [3.05, 3.63) is 34.9 Å². The van der Waals surface area contributed by atoms with Crippen molar-refractivity contribution in [2.24, 2.45) is 5.92 Å². The van der Waals surface area contributed by atoms with E-state index in [1.165, 1.54) is 0 Å². The van der Waals surface area contributed by atoms with Crippen molar-refractivity contribution in [3.8, 4) is 0 Å². The maximum atomic E-state index is 11.8. The average molecular weight is 282 g/mol. The SMILES string of the molecule is O=C(Cc1ccc(Cl)cc1)NC(CC1CC1)C(=O)O. The van der Waals surface area contributed by atoms with Gasteiger partial charge in [-0.3, -0.25) is 4.79 Å². The number of carboxylic acid groups (broad SMARTS) is 1. The van der Waals surface area contributed by atoms with E-state index >= 15 is 0 Å². The maximum absolute atomic E-state index is 11.8. The second kappa shape index (κ2) is 6.06. The quantitative estimate of drug-likeness (QED) is 0.840. The molecular weight excluding hydrogens is 266 g/mol. The van der Waals surface area contributed by atoms with Gasteiger partial charge in [0.05, 0.1) is 6.42 Å². The first-order valence-corrected chi connectivity index (χ1v) is 6.69. The van der Waals surface area contributed by atoms with Gasteiger partial charge in [0, 0.05) is 5.02 Å². The molecule has 1 aliphatic carbocycles. The summed E-state index contributed by atoms with van der Waals surface area (Å²) in [4.78, 5) is 22.9. The van der Waals surface area contributed by atoms with E-state index in [4.69, 9.17) is 16.7 Å². The Balaban J connectivity index is 1.87. The first-order valence-electron chi connectivity index (χ1n) is 6.31. The molecule has 2 N–H and O–H groups in total. The van der Waals surface area contributed by atoms with E-state index in [1.807, 2.05) is 0 Å². The van der Waals surface area contributed by atoms with Gasteiger partial charge in [0.15, 0.2) is 0 Å². The topological polar surface area (TPSA) is 66.4 Å². The van der Waals surface area contributed by atoms with Gasteiger partial charge in [-0.1, -0.05) is 36.6 Å². The van der Waals surface area contributed by atoms with Crippen LogP contribution in [0.3, 0.4) is 0 Å². The highest BCUT2D eigenvalue weighted by Crippen LogP contribution is 2.33. The van der Waals surface area contributed by atoms with Crippen LogP contribution in [0.25, 0.3) is 0 Å². The second-order valence-corrected chi connectivity index (χ2v) is 5.38. The molecule has 2 rings (SSSR count). The minimum Gasteiger partial charge on any atom is -0.480 e.